The topological polar surface area (TPSA) is 56.1 Å². The van der Waals surface area contributed by atoms with Crippen molar-refractivity contribution in [3.05, 3.63) is 69.7 Å². The van der Waals surface area contributed by atoms with Crippen LogP contribution in [0.5, 0.6) is 5.75 Å². The van der Waals surface area contributed by atoms with Crippen LogP contribution in [0.4, 0.5) is 0 Å². The minimum absolute atomic E-state index is 0.0597. The van der Waals surface area contributed by atoms with E-state index in [1.807, 2.05) is 55.8 Å². The van der Waals surface area contributed by atoms with Crippen LogP contribution in [0.25, 0.3) is 0 Å². The number of ether oxygens (including phenoxy) is 1. The van der Waals surface area contributed by atoms with Gasteiger partial charge in [0.15, 0.2) is 0 Å². The highest BCUT2D eigenvalue weighted by molar-refractivity contribution is 7.12. The van der Waals surface area contributed by atoms with Gasteiger partial charge in [0.2, 0.25) is 0 Å². The van der Waals surface area contributed by atoms with Gasteiger partial charge in [0.1, 0.15) is 12.4 Å². The maximum Gasteiger partial charge on any atom is 0.261 e. The molecule has 130 valence electrons. The normalized spacial score (nSPS) is 10.6. The van der Waals surface area contributed by atoms with Crippen molar-refractivity contribution < 1.29 is 9.53 Å². The van der Waals surface area contributed by atoms with Gasteiger partial charge in [-0.15, -0.1) is 11.3 Å². The Morgan fingerprint density at radius 2 is 2.08 bits per heavy atom. The lowest BCUT2D eigenvalue weighted by molar-refractivity contribution is 0.0956. The number of aromatic nitrogens is 2. The minimum Gasteiger partial charge on any atom is -0.488 e. The van der Waals surface area contributed by atoms with Gasteiger partial charge in [-0.05, 0) is 42.5 Å². The molecule has 1 aromatic carbocycles. The Morgan fingerprint density at radius 3 is 2.80 bits per heavy atom. The molecule has 0 fully saturated rings. The number of amides is 1. The SMILES string of the molecule is Cc1cccc(C)c1OCc1csc(C(=O)NCCn2cccn2)c1. The molecule has 6 heteroatoms. The molecule has 5 nitrogen and oxygen atoms in total. The van der Waals surface area contributed by atoms with Gasteiger partial charge in [0.05, 0.1) is 11.4 Å². The van der Waals surface area contributed by atoms with E-state index in [1.54, 1.807) is 10.9 Å². The Kier molecular flexibility index (Phi) is 5.50. The van der Waals surface area contributed by atoms with Crippen molar-refractivity contribution in [1.82, 2.24) is 15.1 Å². The van der Waals surface area contributed by atoms with Gasteiger partial charge in [-0.3, -0.25) is 9.48 Å². The number of hydrogen-bond donors (Lipinski definition) is 1. The molecular weight excluding hydrogens is 334 g/mol. The maximum atomic E-state index is 12.2. The minimum atomic E-state index is -0.0597. The Morgan fingerprint density at radius 1 is 1.28 bits per heavy atom. The zero-order valence-electron chi connectivity index (χ0n) is 14.4. The van der Waals surface area contributed by atoms with Gasteiger partial charge in [0.25, 0.3) is 5.91 Å². The number of carbonyl (C=O) groups excluding carboxylic acids is 1. The van der Waals surface area contributed by atoms with Crippen molar-refractivity contribution in [3.8, 4) is 5.75 Å². The van der Waals surface area contributed by atoms with Crippen molar-refractivity contribution >= 4 is 17.2 Å². The molecule has 0 unspecified atom stereocenters. The molecule has 25 heavy (non-hydrogen) atoms. The Labute approximate surface area is 151 Å². The van der Waals surface area contributed by atoms with E-state index in [0.717, 1.165) is 22.4 Å². The van der Waals surface area contributed by atoms with Crippen LogP contribution in [0.2, 0.25) is 0 Å². The lowest BCUT2D eigenvalue weighted by atomic mass is 10.1. The molecule has 1 amide bonds. The number of rotatable bonds is 7. The summed E-state index contributed by atoms with van der Waals surface area (Å²) >= 11 is 1.43. The zero-order chi connectivity index (χ0) is 17.6. The number of para-hydroxylation sites is 1. The Hall–Kier alpha value is -2.60. The van der Waals surface area contributed by atoms with Gasteiger partial charge >= 0.3 is 0 Å². The fraction of sp³-hybridized carbons (Fsp3) is 0.263. The molecule has 0 radical (unpaired) electrons. The van der Waals surface area contributed by atoms with Crippen LogP contribution in [-0.4, -0.2) is 22.2 Å². The number of thiophene rings is 1. The van der Waals surface area contributed by atoms with Crippen LogP contribution >= 0.6 is 11.3 Å². The molecule has 3 aromatic rings. The highest BCUT2D eigenvalue weighted by Crippen LogP contribution is 2.24. The van der Waals surface area contributed by atoms with Crippen LogP contribution in [0.1, 0.15) is 26.4 Å². The van der Waals surface area contributed by atoms with Gasteiger partial charge in [-0.25, -0.2) is 0 Å². The van der Waals surface area contributed by atoms with E-state index in [9.17, 15) is 4.79 Å². The summed E-state index contributed by atoms with van der Waals surface area (Å²) in [6.07, 6.45) is 3.60. The van der Waals surface area contributed by atoms with Gasteiger partial charge in [-0.2, -0.15) is 5.10 Å². The van der Waals surface area contributed by atoms with E-state index in [0.29, 0.717) is 24.6 Å². The monoisotopic (exact) mass is 355 g/mol. The predicted octanol–water partition coefficient (Wildman–Crippen LogP) is 3.57. The summed E-state index contributed by atoms with van der Waals surface area (Å²) in [6.45, 7) is 5.74. The van der Waals surface area contributed by atoms with E-state index < -0.39 is 0 Å². The summed E-state index contributed by atoms with van der Waals surface area (Å²) in [6, 6.07) is 9.85. The zero-order valence-corrected chi connectivity index (χ0v) is 15.2. The molecule has 1 N–H and O–H groups in total. The molecule has 0 spiro atoms. The van der Waals surface area contributed by atoms with Gasteiger partial charge < -0.3 is 10.1 Å². The van der Waals surface area contributed by atoms with E-state index in [-0.39, 0.29) is 5.91 Å². The summed E-state index contributed by atoms with van der Waals surface area (Å²) in [7, 11) is 0. The first kappa shape index (κ1) is 17.2. The molecule has 0 aliphatic rings. The first-order valence-corrected chi connectivity index (χ1v) is 9.03. The summed E-state index contributed by atoms with van der Waals surface area (Å²) in [5.74, 6) is 0.856. The van der Waals surface area contributed by atoms with Crippen LogP contribution in [0.3, 0.4) is 0 Å². The molecular formula is C19H21N3O2S. The summed E-state index contributed by atoms with van der Waals surface area (Å²) in [5, 5.41) is 8.99. The molecule has 3 rings (SSSR count). The molecule has 2 heterocycles. The molecule has 0 aliphatic heterocycles. The average molecular weight is 355 g/mol. The number of aryl methyl sites for hydroxylation is 2. The highest BCUT2D eigenvalue weighted by Gasteiger charge is 2.10. The number of carbonyl (C=O) groups is 1. The molecule has 0 bridgehead atoms. The largest absolute Gasteiger partial charge is 0.488 e. The third kappa shape index (κ3) is 4.48. The van der Waals surface area contributed by atoms with Crippen molar-refractivity contribution in [2.24, 2.45) is 0 Å². The predicted molar refractivity (Wildman–Crippen MR) is 99.1 cm³/mol. The smallest absolute Gasteiger partial charge is 0.261 e. The average Bonchev–Trinajstić information content (AvgIpc) is 3.26. The molecule has 0 aliphatic carbocycles. The highest BCUT2D eigenvalue weighted by atomic mass is 32.1. The summed E-state index contributed by atoms with van der Waals surface area (Å²) in [4.78, 5) is 12.9. The van der Waals surface area contributed by atoms with Gasteiger partial charge in [0, 0.05) is 24.5 Å². The van der Waals surface area contributed by atoms with E-state index in [4.69, 9.17) is 4.74 Å². The van der Waals surface area contributed by atoms with Crippen LogP contribution in [0, 0.1) is 13.8 Å². The Bertz CT molecular complexity index is 820. The van der Waals surface area contributed by atoms with Gasteiger partial charge in [-0.1, -0.05) is 18.2 Å². The standard InChI is InChI=1S/C19H21N3O2S/c1-14-5-3-6-15(2)18(14)24-12-16-11-17(25-13-16)19(23)20-8-10-22-9-4-7-21-22/h3-7,9,11,13H,8,10,12H2,1-2H3,(H,20,23). The van der Waals surface area contributed by atoms with Crippen molar-refractivity contribution in [2.75, 3.05) is 6.54 Å². The van der Waals surface area contributed by atoms with Crippen molar-refractivity contribution in [3.63, 3.8) is 0 Å². The summed E-state index contributed by atoms with van der Waals surface area (Å²) in [5.41, 5.74) is 3.24. The Balaban J connectivity index is 1.52. The number of nitrogens with zero attached hydrogens (tertiary/aromatic N) is 2. The first-order valence-electron chi connectivity index (χ1n) is 8.15. The maximum absolute atomic E-state index is 12.2. The number of benzene rings is 1. The lowest BCUT2D eigenvalue weighted by Gasteiger charge is -2.10. The second kappa shape index (κ2) is 7.98. The second-order valence-corrected chi connectivity index (χ2v) is 6.77. The fourth-order valence-electron chi connectivity index (χ4n) is 2.56. The quantitative estimate of drug-likeness (QED) is 0.705. The third-order valence-electron chi connectivity index (χ3n) is 3.86. The molecule has 0 saturated heterocycles. The third-order valence-corrected chi connectivity index (χ3v) is 4.83. The van der Waals surface area contributed by atoms with Crippen molar-refractivity contribution in [2.45, 2.75) is 27.0 Å². The first-order chi connectivity index (χ1) is 12.1. The molecule has 2 aromatic heterocycles. The van der Waals surface area contributed by atoms with Crippen LogP contribution < -0.4 is 10.1 Å². The van der Waals surface area contributed by atoms with E-state index in [1.165, 1.54) is 11.3 Å². The second-order valence-electron chi connectivity index (χ2n) is 5.85. The molecule has 0 atom stereocenters. The van der Waals surface area contributed by atoms with Crippen molar-refractivity contribution in [1.29, 1.82) is 0 Å². The van der Waals surface area contributed by atoms with Crippen LogP contribution in [0.15, 0.2) is 48.1 Å². The van der Waals surface area contributed by atoms with E-state index in [2.05, 4.69) is 10.4 Å². The van der Waals surface area contributed by atoms with Crippen LogP contribution in [-0.2, 0) is 13.2 Å². The number of nitrogens with one attached hydrogen (secondary N) is 1. The lowest BCUT2D eigenvalue weighted by Crippen LogP contribution is -2.26. The molecule has 0 saturated carbocycles. The fourth-order valence-corrected chi connectivity index (χ4v) is 3.37. The summed E-state index contributed by atoms with van der Waals surface area (Å²) < 4.78 is 7.73. The van der Waals surface area contributed by atoms with E-state index >= 15 is 0 Å². The number of hydrogen-bond acceptors (Lipinski definition) is 4.